The molecule has 0 amide bonds. The third kappa shape index (κ3) is 1.38. The quantitative estimate of drug-likeness (QED) is 0.805. The highest BCUT2D eigenvalue weighted by atomic mass is 16.7. The Hall–Kier alpha value is -1.22. The Kier molecular flexibility index (Phi) is 1.74. The molecule has 1 aliphatic carbocycles. The van der Waals surface area contributed by atoms with E-state index in [1.165, 1.54) is 12.8 Å². The van der Waals surface area contributed by atoms with Crippen molar-refractivity contribution in [2.24, 2.45) is 11.1 Å². The predicted molar refractivity (Wildman–Crippen MR) is 56.8 cm³/mol. The summed E-state index contributed by atoms with van der Waals surface area (Å²) in [5, 5.41) is 0. The normalized spacial score (nSPS) is 22.5. The van der Waals surface area contributed by atoms with Gasteiger partial charge >= 0.3 is 0 Å². The first kappa shape index (κ1) is 9.04. The van der Waals surface area contributed by atoms with Crippen LogP contribution in [0.5, 0.6) is 11.5 Å². The molecule has 80 valence electrons. The van der Waals surface area contributed by atoms with Gasteiger partial charge in [0.1, 0.15) is 0 Å². The van der Waals surface area contributed by atoms with E-state index >= 15 is 0 Å². The Morgan fingerprint density at radius 3 is 2.73 bits per heavy atom. The van der Waals surface area contributed by atoms with Crippen molar-refractivity contribution in [2.45, 2.75) is 25.8 Å². The fourth-order valence-corrected chi connectivity index (χ4v) is 2.02. The molecule has 1 saturated carbocycles. The number of fused-ring (bicyclic) bond motifs is 1. The smallest absolute Gasteiger partial charge is 0.231 e. The average Bonchev–Trinajstić information content (AvgIpc) is 2.82. The van der Waals surface area contributed by atoms with Gasteiger partial charge in [0.25, 0.3) is 0 Å². The summed E-state index contributed by atoms with van der Waals surface area (Å²) in [7, 11) is 0. The molecule has 2 N–H and O–H groups in total. The Balaban J connectivity index is 1.92. The fourth-order valence-electron chi connectivity index (χ4n) is 2.02. The Labute approximate surface area is 89.2 Å². The van der Waals surface area contributed by atoms with Crippen molar-refractivity contribution in [3.8, 4) is 11.5 Å². The van der Waals surface area contributed by atoms with Gasteiger partial charge in [-0.05, 0) is 36.0 Å². The summed E-state index contributed by atoms with van der Waals surface area (Å²) in [5.74, 6) is 1.65. The van der Waals surface area contributed by atoms with E-state index in [0.717, 1.165) is 17.1 Å². The number of hydrogen-bond donors (Lipinski definition) is 1. The van der Waals surface area contributed by atoms with Gasteiger partial charge in [-0.25, -0.2) is 0 Å². The second kappa shape index (κ2) is 2.89. The van der Waals surface area contributed by atoms with Crippen LogP contribution in [-0.2, 0) is 0 Å². The number of rotatable bonds is 2. The molecule has 0 spiro atoms. The van der Waals surface area contributed by atoms with E-state index in [-0.39, 0.29) is 6.04 Å². The molecule has 2 aliphatic rings. The zero-order chi connectivity index (χ0) is 10.5. The van der Waals surface area contributed by atoms with Crippen molar-refractivity contribution in [1.29, 1.82) is 0 Å². The van der Waals surface area contributed by atoms with E-state index in [4.69, 9.17) is 15.2 Å². The molecule has 1 aromatic carbocycles. The largest absolute Gasteiger partial charge is 0.454 e. The first-order chi connectivity index (χ1) is 7.19. The van der Waals surface area contributed by atoms with Crippen molar-refractivity contribution in [3.05, 3.63) is 23.8 Å². The van der Waals surface area contributed by atoms with E-state index in [1.807, 2.05) is 18.2 Å². The van der Waals surface area contributed by atoms with Gasteiger partial charge in [-0.15, -0.1) is 0 Å². The SMILES string of the molecule is CC1(C(N)c2ccc3c(c2)OCO3)CC1. The van der Waals surface area contributed by atoms with E-state index in [0.29, 0.717) is 12.2 Å². The van der Waals surface area contributed by atoms with Crippen molar-refractivity contribution in [2.75, 3.05) is 6.79 Å². The maximum absolute atomic E-state index is 6.23. The van der Waals surface area contributed by atoms with Crippen LogP contribution in [0.3, 0.4) is 0 Å². The third-order valence-corrected chi connectivity index (χ3v) is 3.55. The Morgan fingerprint density at radius 2 is 2.00 bits per heavy atom. The second-order valence-electron chi connectivity index (χ2n) is 4.74. The third-order valence-electron chi connectivity index (χ3n) is 3.55. The lowest BCUT2D eigenvalue weighted by molar-refractivity contribution is 0.174. The summed E-state index contributed by atoms with van der Waals surface area (Å²) in [6.45, 7) is 2.56. The number of ether oxygens (including phenoxy) is 2. The van der Waals surface area contributed by atoms with Crippen LogP contribution in [0.1, 0.15) is 31.4 Å². The van der Waals surface area contributed by atoms with Crippen LogP contribution < -0.4 is 15.2 Å². The zero-order valence-electron chi connectivity index (χ0n) is 8.82. The molecule has 1 aliphatic heterocycles. The van der Waals surface area contributed by atoms with Crippen molar-refractivity contribution in [3.63, 3.8) is 0 Å². The maximum atomic E-state index is 6.23. The topological polar surface area (TPSA) is 44.5 Å². The Morgan fingerprint density at radius 1 is 1.27 bits per heavy atom. The molecular weight excluding hydrogens is 190 g/mol. The van der Waals surface area contributed by atoms with Crippen LogP contribution in [0, 0.1) is 5.41 Å². The minimum Gasteiger partial charge on any atom is -0.454 e. The lowest BCUT2D eigenvalue weighted by Crippen LogP contribution is -2.19. The zero-order valence-corrected chi connectivity index (χ0v) is 8.82. The first-order valence-corrected chi connectivity index (χ1v) is 5.34. The molecular formula is C12H15NO2. The molecule has 0 bridgehead atoms. The van der Waals surface area contributed by atoms with Gasteiger partial charge in [0, 0.05) is 6.04 Å². The van der Waals surface area contributed by atoms with Crippen LogP contribution in [0.4, 0.5) is 0 Å². The van der Waals surface area contributed by atoms with E-state index < -0.39 is 0 Å². The van der Waals surface area contributed by atoms with E-state index in [1.54, 1.807) is 0 Å². The summed E-state index contributed by atoms with van der Waals surface area (Å²) in [4.78, 5) is 0. The molecule has 1 unspecified atom stereocenters. The molecule has 3 heteroatoms. The Bertz CT molecular complexity index is 399. The van der Waals surface area contributed by atoms with Crippen LogP contribution in [0.25, 0.3) is 0 Å². The number of nitrogens with two attached hydrogens (primary N) is 1. The van der Waals surface area contributed by atoms with Crippen LogP contribution in [0.15, 0.2) is 18.2 Å². The molecule has 1 atom stereocenters. The summed E-state index contributed by atoms with van der Waals surface area (Å²) >= 11 is 0. The van der Waals surface area contributed by atoms with Gasteiger partial charge in [-0.3, -0.25) is 0 Å². The molecule has 0 aromatic heterocycles. The van der Waals surface area contributed by atoms with E-state index in [9.17, 15) is 0 Å². The highest BCUT2D eigenvalue weighted by Gasteiger charge is 2.43. The minimum atomic E-state index is 0.118. The summed E-state index contributed by atoms with van der Waals surface area (Å²) in [6, 6.07) is 6.12. The first-order valence-electron chi connectivity index (χ1n) is 5.34. The van der Waals surface area contributed by atoms with Crippen LogP contribution >= 0.6 is 0 Å². The standard InChI is InChI=1S/C12H15NO2/c1-12(4-5-12)11(13)8-2-3-9-10(6-8)15-7-14-9/h2-3,6,11H,4-5,7,13H2,1H3. The predicted octanol–water partition coefficient (Wildman–Crippen LogP) is 2.22. The van der Waals surface area contributed by atoms with Crippen LogP contribution in [-0.4, -0.2) is 6.79 Å². The van der Waals surface area contributed by atoms with Gasteiger partial charge in [0.15, 0.2) is 11.5 Å². The molecule has 1 fully saturated rings. The van der Waals surface area contributed by atoms with E-state index in [2.05, 4.69) is 6.92 Å². The maximum Gasteiger partial charge on any atom is 0.231 e. The minimum absolute atomic E-state index is 0.118. The number of benzene rings is 1. The number of hydrogen-bond acceptors (Lipinski definition) is 3. The van der Waals surface area contributed by atoms with Gasteiger partial charge < -0.3 is 15.2 Å². The molecule has 0 radical (unpaired) electrons. The molecule has 3 nitrogen and oxygen atoms in total. The lowest BCUT2D eigenvalue weighted by Gasteiger charge is -2.19. The highest BCUT2D eigenvalue weighted by molar-refractivity contribution is 5.45. The fraction of sp³-hybridized carbons (Fsp3) is 0.500. The van der Waals surface area contributed by atoms with Gasteiger partial charge in [-0.1, -0.05) is 13.0 Å². The van der Waals surface area contributed by atoms with Crippen LogP contribution in [0.2, 0.25) is 0 Å². The molecule has 3 rings (SSSR count). The summed E-state index contributed by atoms with van der Waals surface area (Å²) < 4.78 is 10.6. The van der Waals surface area contributed by atoms with Crippen molar-refractivity contribution in [1.82, 2.24) is 0 Å². The highest BCUT2D eigenvalue weighted by Crippen LogP contribution is 2.53. The van der Waals surface area contributed by atoms with Crippen molar-refractivity contribution >= 4 is 0 Å². The average molecular weight is 205 g/mol. The molecule has 1 heterocycles. The van der Waals surface area contributed by atoms with Crippen molar-refractivity contribution < 1.29 is 9.47 Å². The summed E-state index contributed by atoms with van der Waals surface area (Å²) in [6.07, 6.45) is 2.45. The molecule has 1 aromatic rings. The van der Waals surface area contributed by atoms with Gasteiger partial charge in [0.2, 0.25) is 6.79 Å². The van der Waals surface area contributed by atoms with Gasteiger partial charge in [0.05, 0.1) is 0 Å². The molecule has 15 heavy (non-hydrogen) atoms. The monoisotopic (exact) mass is 205 g/mol. The van der Waals surface area contributed by atoms with Gasteiger partial charge in [-0.2, -0.15) is 0 Å². The summed E-state index contributed by atoms with van der Waals surface area (Å²) in [5.41, 5.74) is 7.68. The second-order valence-corrected chi connectivity index (χ2v) is 4.74. The molecule has 0 saturated heterocycles. The lowest BCUT2D eigenvalue weighted by atomic mass is 9.92.